The summed E-state index contributed by atoms with van der Waals surface area (Å²) in [6.07, 6.45) is 1.40. The van der Waals surface area contributed by atoms with Crippen molar-refractivity contribution in [2.45, 2.75) is 56.8 Å². The van der Waals surface area contributed by atoms with E-state index in [1.807, 2.05) is 0 Å². The molecule has 47 heavy (non-hydrogen) atoms. The first-order chi connectivity index (χ1) is 22.3. The summed E-state index contributed by atoms with van der Waals surface area (Å²) in [5, 5.41) is 35.9. The highest BCUT2D eigenvalue weighted by Crippen LogP contribution is 2.14. The Morgan fingerprint density at radius 2 is 1.28 bits per heavy atom. The van der Waals surface area contributed by atoms with Crippen molar-refractivity contribution in [1.82, 2.24) is 36.3 Å². The van der Waals surface area contributed by atoms with Gasteiger partial charge in [0.25, 0.3) is 0 Å². The van der Waals surface area contributed by atoms with Gasteiger partial charge in [0.15, 0.2) is 5.54 Å². The van der Waals surface area contributed by atoms with E-state index in [9.17, 15) is 33.9 Å². The third-order valence-electron chi connectivity index (χ3n) is 7.09. The number of aromatic nitrogens is 3. The maximum atomic E-state index is 13.3. The van der Waals surface area contributed by atoms with Gasteiger partial charge in [-0.05, 0) is 25.0 Å². The summed E-state index contributed by atoms with van der Waals surface area (Å²) in [6, 6.07) is 14.1. The smallest absolute Gasteiger partial charge is 0.331 e. The molecule has 3 atom stereocenters. The van der Waals surface area contributed by atoms with Gasteiger partial charge >= 0.3 is 11.9 Å². The molecule has 0 bridgehead atoms. The number of carboxylic acid groups (broad SMARTS) is 2. The van der Waals surface area contributed by atoms with Gasteiger partial charge in [-0.25, -0.2) is 9.48 Å². The molecule has 0 saturated heterocycles. The summed E-state index contributed by atoms with van der Waals surface area (Å²) in [6.45, 7) is 1.68. The largest absolute Gasteiger partial charge is 0.480 e. The minimum Gasteiger partial charge on any atom is -0.480 e. The number of nitrogens with zero attached hydrogens (tertiary/aromatic N) is 3. The van der Waals surface area contributed by atoms with Gasteiger partial charge in [0, 0.05) is 25.5 Å². The van der Waals surface area contributed by atoms with Crippen LogP contribution in [0.1, 0.15) is 30.7 Å². The van der Waals surface area contributed by atoms with Gasteiger partial charge in [0.2, 0.25) is 23.6 Å². The van der Waals surface area contributed by atoms with Crippen LogP contribution in [0.25, 0.3) is 0 Å². The number of rotatable bonds is 17. The lowest BCUT2D eigenvalue weighted by atomic mass is 10.0. The van der Waals surface area contributed by atoms with E-state index in [1.165, 1.54) is 20.0 Å². The third-order valence-corrected chi connectivity index (χ3v) is 7.09. The molecule has 3 rings (SSSR count). The second kappa shape index (κ2) is 16.6. The highest BCUT2D eigenvalue weighted by molar-refractivity contribution is 5.94. The van der Waals surface area contributed by atoms with Crippen molar-refractivity contribution in [3.63, 3.8) is 0 Å². The number of carbonyl (C=O) groups excluding carboxylic acids is 4. The first kappa shape index (κ1) is 35.8. The van der Waals surface area contributed by atoms with Gasteiger partial charge in [-0.15, -0.1) is 5.10 Å². The number of hydrogen-bond donors (Lipinski definition) is 7. The maximum Gasteiger partial charge on any atom is 0.331 e. The van der Waals surface area contributed by atoms with Crippen molar-refractivity contribution < 1.29 is 39.0 Å². The van der Waals surface area contributed by atoms with E-state index in [4.69, 9.17) is 10.8 Å². The van der Waals surface area contributed by atoms with Crippen LogP contribution in [0, 0.1) is 0 Å². The van der Waals surface area contributed by atoms with Crippen LogP contribution in [0.5, 0.6) is 0 Å². The molecule has 1 heterocycles. The molecule has 0 aliphatic heterocycles. The highest BCUT2D eigenvalue weighted by atomic mass is 16.4. The zero-order chi connectivity index (χ0) is 34.6. The number of carbonyl (C=O) groups is 6. The molecule has 0 spiro atoms. The SMILES string of the molecule is CC(C)(C(=O)O)n1cc(C[C@H](N)C(=O)N[C@@H](Cc2ccccc2)C(=O)NCC(=O)N[C@@H](Cc2ccccc2)C(=O)NCC(=O)O)nn1. The molecule has 0 aliphatic carbocycles. The van der Waals surface area contributed by atoms with Crippen LogP contribution in [-0.2, 0) is 53.6 Å². The lowest BCUT2D eigenvalue weighted by Gasteiger charge is -2.22. The van der Waals surface area contributed by atoms with E-state index >= 15 is 0 Å². The van der Waals surface area contributed by atoms with Crippen molar-refractivity contribution in [2.24, 2.45) is 5.73 Å². The number of aliphatic carboxylic acids is 2. The Balaban J connectivity index is 1.66. The molecule has 16 nitrogen and oxygen atoms in total. The lowest BCUT2D eigenvalue weighted by Crippen LogP contribution is -2.55. The molecular weight excluding hydrogens is 612 g/mol. The Kier molecular flexibility index (Phi) is 12.7. The fraction of sp³-hybridized carbons (Fsp3) is 0.355. The molecule has 2 aromatic carbocycles. The normalized spacial score (nSPS) is 13.0. The van der Waals surface area contributed by atoms with Crippen LogP contribution in [0.4, 0.5) is 0 Å². The Morgan fingerprint density at radius 1 is 0.766 bits per heavy atom. The van der Waals surface area contributed by atoms with Crippen molar-refractivity contribution in [1.29, 1.82) is 0 Å². The highest BCUT2D eigenvalue weighted by Gasteiger charge is 2.32. The molecule has 4 amide bonds. The number of nitrogens with one attached hydrogen (secondary N) is 4. The predicted molar refractivity (Wildman–Crippen MR) is 166 cm³/mol. The van der Waals surface area contributed by atoms with E-state index in [1.54, 1.807) is 60.7 Å². The topological polar surface area (TPSA) is 248 Å². The van der Waals surface area contributed by atoms with Gasteiger partial charge in [-0.1, -0.05) is 65.9 Å². The van der Waals surface area contributed by atoms with Gasteiger partial charge in [0.1, 0.15) is 18.6 Å². The molecule has 8 N–H and O–H groups in total. The maximum absolute atomic E-state index is 13.3. The van der Waals surface area contributed by atoms with Crippen LogP contribution in [0.3, 0.4) is 0 Å². The number of hydrogen-bond acceptors (Lipinski definition) is 9. The Hall–Kier alpha value is -5.64. The molecule has 0 radical (unpaired) electrons. The lowest BCUT2D eigenvalue weighted by molar-refractivity contribution is -0.146. The van der Waals surface area contributed by atoms with Crippen LogP contribution in [0.2, 0.25) is 0 Å². The first-order valence-electron chi connectivity index (χ1n) is 14.6. The zero-order valence-corrected chi connectivity index (χ0v) is 25.9. The standard InChI is InChI=1S/C31H38N8O8/c1-31(2,30(46)47)39-18-21(37-38-39)15-22(32)27(43)36-24(14-20-11-7-4-8-12-20)29(45)33-16-25(40)35-23(28(44)34-17-26(41)42)13-19-9-5-3-6-10-19/h3-12,18,22-24H,13-17,32H2,1-2H3,(H,33,45)(H,34,44)(H,35,40)(H,36,43)(H,41,42)(H,46,47)/t22-,23-,24-/m0/s1. The van der Waals surface area contributed by atoms with Crippen LogP contribution in [0.15, 0.2) is 66.9 Å². The number of nitrogens with two attached hydrogens (primary N) is 1. The van der Waals surface area contributed by atoms with E-state index in [2.05, 4.69) is 31.6 Å². The second-order valence-electron chi connectivity index (χ2n) is 11.2. The number of benzene rings is 2. The average Bonchev–Trinajstić information content (AvgIpc) is 3.52. The molecule has 0 fully saturated rings. The molecule has 250 valence electrons. The predicted octanol–water partition coefficient (Wildman–Crippen LogP) is -1.26. The molecule has 16 heteroatoms. The third kappa shape index (κ3) is 11.0. The van der Waals surface area contributed by atoms with Crippen LogP contribution < -0.4 is 27.0 Å². The van der Waals surface area contributed by atoms with Gasteiger partial charge in [-0.3, -0.25) is 24.0 Å². The van der Waals surface area contributed by atoms with Gasteiger partial charge in [0.05, 0.1) is 18.3 Å². The van der Waals surface area contributed by atoms with Crippen molar-refractivity contribution in [2.75, 3.05) is 13.1 Å². The monoisotopic (exact) mass is 650 g/mol. The second-order valence-corrected chi connectivity index (χ2v) is 11.2. The molecule has 3 aromatic rings. The average molecular weight is 651 g/mol. The summed E-state index contributed by atoms with van der Waals surface area (Å²) >= 11 is 0. The minimum atomic E-state index is -1.38. The fourth-order valence-electron chi connectivity index (χ4n) is 4.30. The number of amides is 4. The van der Waals surface area contributed by atoms with E-state index < -0.39 is 72.3 Å². The van der Waals surface area contributed by atoms with Crippen LogP contribution in [-0.4, -0.2) is 92.0 Å². The minimum absolute atomic E-state index is 0.0595. The fourth-order valence-corrected chi connectivity index (χ4v) is 4.30. The van der Waals surface area contributed by atoms with E-state index in [-0.39, 0.29) is 25.0 Å². The summed E-state index contributed by atoms with van der Waals surface area (Å²) in [5.41, 5.74) is 6.41. The quantitative estimate of drug-likeness (QED) is 0.0908. The van der Waals surface area contributed by atoms with E-state index in [0.717, 1.165) is 4.68 Å². The van der Waals surface area contributed by atoms with Crippen molar-refractivity contribution >= 4 is 35.6 Å². The Morgan fingerprint density at radius 3 is 1.79 bits per heavy atom. The molecule has 0 unspecified atom stereocenters. The first-order valence-corrected chi connectivity index (χ1v) is 14.6. The summed E-state index contributed by atoms with van der Waals surface area (Å²) in [7, 11) is 0. The summed E-state index contributed by atoms with van der Waals surface area (Å²) in [4.78, 5) is 74.3. The zero-order valence-electron chi connectivity index (χ0n) is 25.9. The molecular formula is C31H38N8O8. The summed E-state index contributed by atoms with van der Waals surface area (Å²) in [5.74, 6) is -5.23. The molecule has 1 aromatic heterocycles. The van der Waals surface area contributed by atoms with E-state index in [0.29, 0.717) is 11.1 Å². The molecule has 0 aliphatic rings. The van der Waals surface area contributed by atoms with Crippen LogP contribution >= 0.6 is 0 Å². The van der Waals surface area contributed by atoms with Gasteiger partial charge in [-0.2, -0.15) is 0 Å². The molecule has 0 saturated carbocycles. The van der Waals surface area contributed by atoms with Crippen molar-refractivity contribution in [3.05, 3.63) is 83.7 Å². The van der Waals surface area contributed by atoms with Gasteiger partial charge < -0.3 is 37.2 Å². The van der Waals surface area contributed by atoms with Crippen molar-refractivity contribution in [3.8, 4) is 0 Å². The Bertz CT molecular complexity index is 1560. The summed E-state index contributed by atoms with van der Waals surface area (Å²) < 4.78 is 1.15. The number of carboxylic acids is 2. The Labute approximate surface area is 270 Å².